The van der Waals surface area contributed by atoms with Crippen molar-refractivity contribution in [3.63, 3.8) is 0 Å². The summed E-state index contributed by atoms with van der Waals surface area (Å²) in [6.45, 7) is 0. The van der Waals surface area contributed by atoms with E-state index in [1.54, 1.807) is 0 Å². The van der Waals surface area contributed by atoms with Gasteiger partial charge in [0.15, 0.2) is 0 Å². The first-order valence-electron chi connectivity index (χ1n) is 4.93. The molecule has 0 spiro atoms. The highest BCUT2D eigenvalue weighted by Gasteiger charge is 2.29. The van der Waals surface area contributed by atoms with Crippen molar-refractivity contribution in [1.82, 2.24) is 0 Å². The van der Waals surface area contributed by atoms with Gasteiger partial charge in [-0.2, -0.15) is 0 Å². The lowest BCUT2D eigenvalue weighted by Crippen LogP contribution is -2.13. The zero-order valence-corrected chi connectivity index (χ0v) is 10.2. The van der Waals surface area contributed by atoms with Gasteiger partial charge in [0.25, 0.3) is 9.05 Å². The molecule has 1 amide bonds. The maximum atomic E-state index is 13.4. The van der Waals surface area contributed by atoms with E-state index in [2.05, 4.69) is 5.32 Å². The van der Waals surface area contributed by atoms with Crippen LogP contribution in [0.15, 0.2) is 23.1 Å². The van der Waals surface area contributed by atoms with Crippen LogP contribution in [-0.4, -0.2) is 14.3 Å². The van der Waals surface area contributed by atoms with Crippen molar-refractivity contribution < 1.29 is 17.6 Å². The molecule has 0 aliphatic heterocycles. The number of carbonyl (C=O) groups is 1. The molecule has 1 aliphatic rings. The molecule has 1 N–H and O–H groups in total. The van der Waals surface area contributed by atoms with Crippen molar-refractivity contribution in [3.05, 3.63) is 24.0 Å². The highest BCUT2D eigenvalue weighted by atomic mass is 35.7. The maximum absolute atomic E-state index is 13.4. The third-order valence-corrected chi connectivity index (χ3v) is 3.77. The summed E-state index contributed by atoms with van der Waals surface area (Å²) in [4.78, 5) is 10.8. The Labute approximate surface area is 102 Å². The summed E-state index contributed by atoms with van der Waals surface area (Å²) in [7, 11) is 0.929. The van der Waals surface area contributed by atoms with Crippen molar-refractivity contribution in [1.29, 1.82) is 0 Å². The molecule has 0 radical (unpaired) electrons. The molecule has 1 saturated carbocycles. The average Bonchev–Trinajstić information content (AvgIpc) is 2.98. The van der Waals surface area contributed by atoms with Crippen LogP contribution in [0.5, 0.6) is 0 Å². The summed E-state index contributed by atoms with van der Waals surface area (Å²) in [5.74, 6) is -1.16. The maximum Gasteiger partial charge on any atom is 0.264 e. The SMILES string of the molecule is O=C(Nc1ccc(S(=O)(=O)Cl)c(F)c1)C1CC1. The van der Waals surface area contributed by atoms with Crippen molar-refractivity contribution in [2.75, 3.05) is 5.32 Å². The summed E-state index contributed by atoms with van der Waals surface area (Å²) in [6.07, 6.45) is 1.67. The van der Waals surface area contributed by atoms with Gasteiger partial charge in [0.1, 0.15) is 10.7 Å². The Morgan fingerprint density at radius 2 is 2.06 bits per heavy atom. The van der Waals surface area contributed by atoms with Crippen molar-refractivity contribution >= 4 is 31.3 Å². The lowest BCUT2D eigenvalue weighted by atomic mass is 10.3. The molecule has 0 bridgehead atoms. The standard InChI is InChI=1S/C10H9ClFNO3S/c11-17(15,16)9-4-3-7(5-8(9)12)13-10(14)6-1-2-6/h3-6H,1-2H2,(H,13,14). The van der Waals surface area contributed by atoms with Gasteiger partial charge >= 0.3 is 0 Å². The third-order valence-electron chi connectivity index (χ3n) is 2.41. The molecule has 1 aliphatic carbocycles. The molecule has 92 valence electrons. The fraction of sp³-hybridized carbons (Fsp3) is 0.300. The van der Waals surface area contributed by atoms with E-state index in [0.717, 1.165) is 25.0 Å². The fourth-order valence-corrected chi connectivity index (χ4v) is 2.26. The number of hydrogen-bond acceptors (Lipinski definition) is 3. The quantitative estimate of drug-likeness (QED) is 0.861. The lowest BCUT2D eigenvalue weighted by Gasteiger charge is -2.05. The third kappa shape index (κ3) is 2.95. The minimum absolute atomic E-state index is 0.00510. The second kappa shape index (κ2) is 4.27. The molecule has 0 heterocycles. The Hall–Kier alpha value is -1.14. The number of hydrogen-bond donors (Lipinski definition) is 1. The fourth-order valence-electron chi connectivity index (χ4n) is 1.37. The predicted octanol–water partition coefficient (Wildman–Crippen LogP) is 2.10. The molecule has 7 heteroatoms. The summed E-state index contributed by atoms with van der Waals surface area (Å²) in [6, 6.07) is 3.27. The van der Waals surface area contributed by atoms with E-state index in [9.17, 15) is 17.6 Å². The van der Waals surface area contributed by atoms with E-state index < -0.39 is 19.8 Å². The van der Waals surface area contributed by atoms with Crippen molar-refractivity contribution in [2.24, 2.45) is 5.92 Å². The second-order valence-electron chi connectivity index (χ2n) is 3.85. The van der Waals surface area contributed by atoms with Crippen molar-refractivity contribution in [3.8, 4) is 0 Å². The molecule has 0 atom stereocenters. The highest BCUT2D eigenvalue weighted by Crippen LogP contribution is 2.30. The number of rotatable bonds is 3. The van der Waals surface area contributed by atoms with Crippen LogP contribution in [0.3, 0.4) is 0 Å². The van der Waals surface area contributed by atoms with E-state index in [1.165, 1.54) is 6.07 Å². The first kappa shape index (κ1) is 12.3. The highest BCUT2D eigenvalue weighted by molar-refractivity contribution is 8.13. The van der Waals surface area contributed by atoms with Crippen molar-refractivity contribution in [2.45, 2.75) is 17.7 Å². The molecule has 1 aromatic carbocycles. The van der Waals surface area contributed by atoms with Gasteiger partial charge in [0.05, 0.1) is 0 Å². The Bertz CT molecular complexity index is 569. The van der Waals surface area contributed by atoms with E-state index in [0.29, 0.717) is 0 Å². The van der Waals surface area contributed by atoms with Crippen LogP contribution in [0.1, 0.15) is 12.8 Å². The summed E-state index contributed by atoms with van der Waals surface area (Å²) in [5.41, 5.74) is 0.225. The number of benzene rings is 1. The van der Waals surface area contributed by atoms with Gasteiger partial charge in [-0.25, -0.2) is 12.8 Å². The van der Waals surface area contributed by atoms with E-state index >= 15 is 0 Å². The first-order valence-corrected chi connectivity index (χ1v) is 7.24. The molecule has 1 fully saturated rings. The molecule has 4 nitrogen and oxygen atoms in total. The van der Waals surface area contributed by atoms with Gasteiger partial charge in [-0.3, -0.25) is 4.79 Å². The lowest BCUT2D eigenvalue weighted by molar-refractivity contribution is -0.117. The number of amides is 1. The Morgan fingerprint density at radius 1 is 1.41 bits per heavy atom. The Balaban J connectivity index is 2.21. The number of halogens is 2. The average molecular weight is 278 g/mol. The van der Waals surface area contributed by atoms with Crippen LogP contribution in [-0.2, 0) is 13.8 Å². The summed E-state index contributed by atoms with van der Waals surface area (Å²) in [5, 5.41) is 2.51. The van der Waals surface area contributed by atoms with Crippen LogP contribution < -0.4 is 5.32 Å². The van der Waals surface area contributed by atoms with Gasteiger partial charge in [0.2, 0.25) is 5.91 Å². The summed E-state index contributed by atoms with van der Waals surface area (Å²) < 4.78 is 35.3. The molecule has 0 unspecified atom stereocenters. The van der Waals surface area contributed by atoms with E-state index in [1.807, 2.05) is 0 Å². The molecule has 0 saturated heterocycles. The molecule has 17 heavy (non-hydrogen) atoms. The van der Waals surface area contributed by atoms with Crippen LogP contribution in [0.2, 0.25) is 0 Å². The zero-order valence-electron chi connectivity index (χ0n) is 8.61. The van der Waals surface area contributed by atoms with Gasteiger partial charge in [-0.15, -0.1) is 0 Å². The minimum Gasteiger partial charge on any atom is -0.326 e. The van der Waals surface area contributed by atoms with Crippen LogP contribution in [0.4, 0.5) is 10.1 Å². The Morgan fingerprint density at radius 3 is 2.53 bits per heavy atom. The largest absolute Gasteiger partial charge is 0.326 e. The second-order valence-corrected chi connectivity index (χ2v) is 6.38. The minimum atomic E-state index is -4.10. The van der Waals surface area contributed by atoms with Gasteiger partial charge in [0, 0.05) is 22.3 Å². The van der Waals surface area contributed by atoms with Gasteiger partial charge < -0.3 is 5.32 Å². The summed E-state index contributed by atoms with van der Waals surface area (Å²) >= 11 is 0. The zero-order chi connectivity index (χ0) is 12.6. The molecular formula is C10H9ClFNO3S. The predicted molar refractivity (Wildman–Crippen MR) is 60.8 cm³/mol. The number of nitrogens with one attached hydrogen (secondary N) is 1. The molecular weight excluding hydrogens is 269 g/mol. The van der Waals surface area contributed by atoms with Gasteiger partial charge in [-0.1, -0.05) is 0 Å². The van der Waals surface area contributed by atoms with Gasteiger partial charge in [-0.05, 0) is 31.0 Å². The van der Waals surface area contributed by atoms with Crippen LogP contribution >= 0.6 is 10.7 Å². The molecule has 2 rings (SSSR count). The van der Waals surface area contributed by atoms with E-state index in [-0.39, 0.29) is 17.5 Å². The molecule has 0 aromatic heterocycles. The molecule has 1 aromatic rings. The Kier molecular flexibility index (Phi) is 3.09. The monoisotopic (exact) mass is 277 g/mol. The number of carbonyl (C=O) groups excluding carboxylic acids is 1. The van der Waals surface area contributed by atoms with Crippen LogP contribution in [0.25, 0.3) is 0 Å². The van der Waals surface area contributed by atoms with Crippen LogP contribution in [0, 0.1) is 11.7 Å². The first-order chi connectivity index (χ1) is 7.88. The van der Waals surface area contributed by atoms with E-state index in [4.69, 9.17) is 10.7 Å². The normalized spacial score (nSPS) is 15.6. The topological polar surface area (TPSA) is 63.2 Å². The number of anilines is 1. The smallest absolute Gasteiger partial charge is 0.264 e.